The van der Waals surface area contributed by atoms with E-state index in [1.54, 1.807) is 0 Å². The highest BCUT2D eigenvalue weighted by molar-refractivity contribution is 5.86. The molecule has 0 aliphatic heterocycles. The molecule has 0 bridgehead atoms. The second-order valence-corrected chi connectivity index (χ2v) is 5.49. The average Bonchev–Trinajstić information content (AvgIpc) is 3.04. The minimum atomic E-state index is -0.528. The molecule has 23 heavy (non-hydrogen) atoms. The molecular weight excluding hydrogens is 296 g/mol. The highest BCUT2D eigenvalue weighted by atomic mass is 16.3. The Balaban J connectivity index is 1.58. The van der Waals surface area contributed by atoms with Crippen molar-refractivity contribution in [2.75, 3.05) is 6.54 Å². The van der Waals surface area contributed by atoms with Gasteiger partial charge in [-0.05, 0) is 24.5 Å². The predicted molar refractivity (Wildman–Crippen MR) is 86.5 cm³/mol. The summed E-state index contributed by atoms with van der Waals surface area (Å²) < 4.78 is 0. The number of rotatable bonds is 5. The van der Waals surface area contributed by atoms with E-state index in [2.05, 4.69) is 39.3 Å². The molecule has 0 spiro atoms. The number of aromatic hydroxyl groups is 1. The molecule has 0 fully saturated rings. The molecule has 1 aromatic carbocycles. The Bertz CT molecular complexity index is 904. The molecule has 0 saturated carbocycles. The number of H-pyrrole nitrogens is 3. The smallest absolute Gasteiger partial charge is 0.325 e. The van der Waals surface area contributed by atoms with Gasteiger partial charge in [-0.15, -0.1) is 0 Å². The first-order valence-corrected chi connectivity index (χ1v) is 7.37. The molecule has 7 heteroatoms. The lowest BCUT2D eigenvalue weighted by Gasteiger charge is -2.04. The Labute approximate surface area is 131 Å². The summed E-state index contributed by atoms with van der Waals surface area (Å²) in [6.07, 6.45) is 2.59. The Morgan fingerprint density at radius 1 is 1.30 bits per heavy atom. The van der Waals surface area contributed by atoms with Gasteiger partial charge in [0.15, 0.2) is 0 Å². The van der Waals surface area contributed by atoms with Crippen LogP contribution in [-0.2, 0) is 17.6 Å². The third-order valence-corrected chi connectivity index (χ3v) is 3.85. The number of fused-ring (bicyclic) bond motifs is 1. The molecule has 0 saturated heterocycles. The Hall–Kier alpha value is -2.96. The first-order valence-electron chi connectivity index (χ1n) is 7.37. The van der Waals surface area contributed by atoms with E-state index in [9.17, 15) is 14.7 Å². The van der Waals surface area contributed by atoms with Crippen molar-refractivity contribution in [1.29, 1.82) is 0 Å². The van der Waals surface area contributed by atoms with Crippen LogP contribution >= 0.6 is 0 Å². The molecule has 0 atom stereocenters. The number of benzene rings is 1. The van der Waals surface area contributed by atoms with Crippen molar-refractivity contribution in [3.8, 4) is 5.88 Å². The fourth-order valence-corrected chi connectivity index (χ4v) is 2.67. The average molecular weight is 314 g/mol. The van der Waals surface area contributed by atoms with Gasteiger partial charge < -0.3 is 20.4 Å². The third kappa shape index (κ3) is 3.13. The molecule has 0 radical (unpaired) electrons. The second kappa shape index (κ2) is 6.04. The van der Waals surface area contributed by atoms with Crippen molar-refractivity contribution < 1.29 is 9.90 Å². The molecule has 2 aromatic heterocycles. The molecule has 0 unspecified atom stereocenters. The number of aryl methyl sites for hydroxylation is 1. The number of imidazole rings is 1. The topological polar surface area (TPSA) is 114 Å². The van der Waals surface area contributed by atoms with Crippen molar-refractivity contribution in [2.24, 2.45) is 0 Å². The zero-order valence-electron chi connectivity index (χ0n) is 12.7. The number of carbonyl (C=O) groups excluding carboxylic acids is 1. The van der Waals surface area contributed by atoms with E-state index in [1.807, 2.05) is 12.3 Å². The van der Waals surface area contributed by atoms with Gasteiger partial charge in [0.25, 0.3) is 0 Å². The maximum Gasteiger partial charge on any atom is 0.325 e. The van der Waals surface area contributed by atoms with Gasteiger partial charge in [-0.1, -0.05) is 18.2 Å². The van der Waals surface area contributed by atoms with Gasteiger partial charge in [0.05, 0.1) is 12.1 Å². The second-order valence-electron chi connectivity index (χ2n) is 5.49. The molecule has 2 heterocycles. The van der Waals surface area contributed by atoms with E-state index in [-0.39, 0.29) is 23.9 Å². The van der Waals surface area contributed by atoms with Crippen molar-refractivity contribution in [2.45, 2.75) is 19.8 Å². The largest absolute Gasteiger partial charge is 0.493 e. The van der Waals surface area contributed by atoms with Gasteiger partial charge in [0, 0.05) is 23.6 Å². The van der Waals surface area contributed by atoms with Crippen molar-refractivity contribution in [3.05, 3.63) is 51.7 Å². The monoisotopic (exact) mass is 314 g/mol. The van der Waals surface area contributed by atoms with Gasteiger partial charge in [-0.3, -0.25) is 9.78 Å². The zero-order chi connectivity index (χ0) is 16.4. The number of para-hydroxylation sites is 1. The Morgan fingerprint density at radius 3 is 2.87 bits per heavy atom. The van der Waals surface area contributed by atoms with E-state index >= 15 is 0 Å². The lowest BCUT2D eigenvalue weighted by molar-refractivity contribution is -0.120. The van der Waals surface area contributed by atoms with Crippen LogP contribution < -0.4 is 11.0 Å². The molecule has 3 rings (SSSR count). The summed E-state index contributed by atoms with van der Waals surface area (Å²) in [7, 11) is 0. The lowest BCUT2D eigenvalue weighted by Crippen LogP contribution is -2.27. The van der Waals surface area contributed by atoms with E-state index in [4.69, 9.17) is 0 Å². The Kier molecular flexibility index (Phi) is 3.92. The van der Waals surface area contributed by atoms with Crippen LogP contribution in [-0.4, -0.2) is 32.5 Å². The molecular formula is C16H18N4O3. The molecule has 7 nitrogen and oxygen atoms in total. The first-order chi connectivity index (χ1) is 11.0. The summed E-state index contributed by atoms with van der Waals surface area (Å²) in [4.78, 5) is 30.7. The van der Waals surface area contributed by atoms with Crippen LogP contribution in [0.5, 0.6) is 5.88 Å². The van der Waals surface area contributed by atoms with Crippen molar-refractivity contribution >= 4 is 16.8 Å². The fourth-order valence-electron chi connectivity index (χ4n) is 2.67. The number of carbonyl (C=O) groups is 1. The summed E-state index contributed by atoms with van der Waals surface area (Å²) in [5.41, 5.74) is 3.10. The van der Waals surface area contributed by atoms with Crippen LogP contribution in [0.1, 0.15) is 16.8 Å². The summed E-state index contributed by atoms with van der Waals surface area (Å²) in [5, 5.41) is 13.4. The standard InChI is InChI=1S/C16H18N4O3/c1-9-3-2-4-11-10(8-18-14(9)11)5-6-17-13(21)7-12-15(22)20-16(23)19-12/h2-4,8,18,22H,5-7H2,1H3,(H,17,21)(H2,19,20,23). The van der Waals surface area contributed by atoms with Crippen LogP contribution in [0.3, 0.4) is 0 Å². The highest BCUT2D eigenvalue weighted by Gasteiger charge is 2.11. The van der Waals surface area contributed by atoms with E-state index in [0.29, 0.717) is 13.0 Å². The number of aromatic amines is 3. The summed E-state index contributed by atoms with van der Waals surface area (Å²) in [5.74, 6) is -0.552. The van der Waals surface area contributed by atoms with Crippen LogP contribution in [0.25, 0.3) is 10.9 Å². The van der Waals surface area contributed by atoms with E-state index < -0.39 is 5.69 Å². The Morgan fingerprint density at radius 2 is 2.13 bits per heavy atom. The molecule has 1 amide bonds. The quantitative estimate of drug-likeness (QED) is 0.486. The van der Waals surface area contributed by atoms with Crippen LogP contribution in [0.15, 0.2) is 29.2 Å². The maximum atomic E-state index is 11.9. The fraction of sp³-hybridized carbons (Fsp3) is 0.250. The maximum absolute atomic E-state index is 11.9. The normalized spacial score (nSPS) is 11.0. The minimum absolute atomic E-state index is 0.0719. The predicted octanol–water partition coefficient (Wildman–Crippen LogP) is 1.10. The number of hydrogen-bond donors (Lipinski definition) is 5. The van der Waals surface area contributed by atoms with Crippen LogP contribution in [0.2, 0.25) is 0 Å². The molecule has 0 aliphatic carbocycles. The third-order valence-electron chi connectivity index (χ3n) is 3.85. The zero-order valence-corrected chi connectivity index (χ0v) is 12.7. The van der Waals surface area contributed by atoms with E-state index in [0.717, 1.165) is 16.5 Å². The highest BCUT2D eigenvalue weighted by Crippen LogP contribution is 2.21. The lowest BCUT2D eigenvalue weighted by atomic mass is 10.1. The van der Waals surface area contributed by atoms with Gasteiger partial charge in [0.2, 0.25) is 11.8 Å². The molecule has 3 aromatic rings. The van der Waals surface area contributed by atoms with Gasteiger partial charge in [-0.25, -0.2) is 4.79 Å². The molecule has 5 N–H and O–H groups in total. The summed E-state index contributed by atoms with van der Waals surface area (Å²) >= 11 is 0. The van der Waals surface area contributed by atoms with Gasteiger partial charge in [-0.2, -0.15) is 0 Å². The summed E-state index contributed by atoms with van der Waals surface area (Å²) in [6, 6.07) is 6.12. The summed E-state index contributed by atoms with van der Waals surface area (Å²) in [6.45, 7) is 2.53. The van der Waals surface area contributed by atoms with E-state index in [1.165, 1.54) is 5.56 Å². The van der Waals surface area contributed by atoms with Crippen LogP contribution in [0, 0.1) is 6.92 Å². The first kappa shape index (κ1) is 15.0. The van der Waals surface area contributed by atoms with Gasteiger partial charge in [0.1, 0.15) is 0 Å². The SMILES string of the molecule is Cc1cccc2c(CCNC(=O)Cc3[nH]c(=O)[nH]c3O)c[nH]c12. The van der Waals surface area contributed by atoms with Crippen molar-refractivity contribution in [1.82, 2.24) is 20.3 Å². The van der Waals surface area contributed by atoms with Crippen molar-refractivity contribution in [3.63, 3.8) is 0 Å². The van der Waals surface area contributed by atoms with Gasteiger partial charge >= 0.3 is 5.69 Å². The number of nitrogens with one attached hydrogen (secondary N) is 4. The number of aromatic nitrogens is 3. The minimum Gasteiger partial charge on any atom is -0.493 e. The van der Waals surface area contributed by atoms with Crippen LogP contribution in [0.4, 0.5) is 0 Å². The number of amides is 1. The number of hydrogen-bond acceptors (Lipinski definition) is 3. The molecule has 120 valence electrons. The molecule has 0 aliphatic rings.